The fraction of sp³-hybridized carbons (Fsp3) is 0.176. The SMILES string of the molecule is Cc1ccc(OCC(=O)NNC(=O)COc2ccccc2Cl)cc1. The van der Waals surface area contributed by atoms with E-state index in [0.29, 0.717) is 16.5 Å². The highest BCUT2D eigenvalue weighted by atomic mass is 35.5. The second-order valence-electron chi connectivity index (χ2n) is 4.92. The Kier molecular flexibility index (Phi) is 6.45. The Morgan fingerprint density at radius 1 is 0.917 bits per heavy atom. The van der Waals surface area contributed by atoms with Gasteiger partial charge in [0.25, 0.3) is 11.8 Å². The van der Waals surface area contributed by atoms with Gasteiger partial charge < -0.3 is 9.47 Å². The second kappa shape index (κ2) is 8.79. The van der Waals surface area contributed by atoms with Crippen LogP contribution in [0.2, 0.25) is 5.02 Å². The molecule has 2 aromatic carbocycles. The van der Waals surface area contributed by atoms with Gasteiger partial charge in [0.15, 0.2) is 13.2 Å². The van der Waals surface area contributed by atoms with Crippen LogP contribution in [0, 0.1) is 6.92 Å². The van der Waals surface area contributed by atoms with E-state index in [1.807, 2.05) is 19.1 Å². The van der Waals surface area contributed by atoms with Crippen LogP contribution in [0.1, 0.15) is 5.56 Å². The summed E-state index contributed by atoms with van der Waals surface area (Å²) in [4.78, 5) is 23.2. The number of hydrogen-bond donors (Lipinski definition) is 2. The number of carbonyl (C=O) groups excluding carboxylic acids is 2. The molecule has 0 bridgehead atoms. The molecule has 0 unspecified atom stereocenters. The van der Waals surface area contributed by atoms with Crippen LogP contribution in [-0.2, 0) is 9.59 Å². The summed E-state index contributed by atoms with van der Waals surface area (Å²) < 4.78 is 10.5. The van der Waals surface area contributed by atoms with Crippen LogP contribution >= 0.6 is 11.6 Å². The lowest BCUT2D eigenvalue weighted by Crippen LogP contribution is -2.45. The lowest BCUT2D eigenvalue weighted by atomic mass is 10.2. The highest BCUT2D eigenvalue weighted by Gasteiger charge is 2.07. The van der Waals surface area contributed by atoms with Crippen molar-refractivity contribution in [1.82, 2.24) is 10.9 Å². The molecule has 2 aromatic rings. The summed E-state index contributed by atoms with van der Waals surface area (Å²) in [6, 6.07) is 14.1. The van der Waals surface area contributed by atoms with Crippen LogP contribution in [0.4, 0.5) is 0 Å². The standard InChI is InChI=1S/C17H17ClN2O4/c1-12-6-8-13(9-7-12)23-10-16(21)19-20-17(22)11-24-15-5-3-2-4-14(15)18/h2-9H,10-11H2,1H3,(H,19,21)(H,20,22). The Hall–Kier alpha value is -2.73. The number of nitrogens with one attached hydrogen (secondary N) is 2. The van der Waals surface area contributed by atoms with Crippen molar-refractivity contribution < 1.29 is 19.1 Å². The number of carbonyl (C=O) groups is 2. The van der Waals surface area contributed by atoms with Crippen molar-refractivity contribution in [3.05, 3.63) is 59.1 Å². The monoisotopic (exact) mass is 348 g/mol. The van der Waals surface area contributed by atoms with Gasteiger partial charge in [-0.2, -0.15) is 0 Å². The highest BCUT2D eigenvalue weighted by molar-refractivity contribution is 6.32. The minimum absolute atomic E-state index is 0.214. The number of benzene rings is 2. The summed E-state index contributed by atoms with van der Waals surface area (Å²) in [5.74, 6) is -0.0345. The molecular formula is C17H17ClN2O4. The van der Waals surface area contributed by atoms with Crippen molar-refractivity contribution in [3.63, 3.8) is 0 Å². The van der Waals surface area contributed by atoms with E-state index in [9.17, 15) is 9.59 Å². The normalized spacial score (nSPS) is 9.92. The predicted octanol–water partition coefficient (Wildman–Crippen LogP) is 2.25. The molecule has 0 aliphatic heterocycles. The molecule has 7 heteroatoms. The van der Waals surface area contributed by atoms with Gasteiger partial charge in [0.2, 0.25) is 0 Å². The molecule has 0 radical (unpaired) electrons. The molecule has 0 fully saturated rings. The van der Waals surface area contributed by atoms with Crippen molar-refractivity contribution in [2.45, 2.75) is 6.92 Å². The molecule has 6 nitrogen and oxygen atoms in total. The first-order chi connectivity index (χ1) is 11.5. The van der Waals surface area contributed by atoms with Crippen molar-refractivity contribution in [2.24, 2.45) is 0 Å². The Morgan fingerprint density at radius 2 is 1.50 bits per heavy atom. The van der Waals surface area contributed by atoms with Gasteiger partial charge in [0.1, 0.15) is 11.5 Å². The third-order valence-corrected chi connectivity index (χ3v) is 3.24. The van der Waals surface area contributed by atoms with E-state index in [0.717, 1.165) is 5.56 Å². The maximum Gasteiger partial charge on any atom is 0.276 e. The van der Waals surface area contributed by atoms with Gasteiger partial charge >= 0.3 is 0 Å². The first-order valence-electron chi connectivity index (χ1n) is 7.19. The van der Waals surface area contributed by atoms with Crippen molar-refractivity contribution in [1.29, 1.82) is 0 Å². The van der Waals surface area contributed by atoms with Gasteiger partial charge in [-0.1, -0.05) is 41.4 Å². The van der Waals surface area contributed by atoms with Gasteiger partial charge in [-0.15, -0.1) is 0 Å². The van der Waals surface area contributed by atoms with Crippen LogP contribution in [0.5, 0.6) is 11.5 Å². The Morgan fingerprint density at radius 3 is 2.12 bits per heavy atom. The van der Waals surface area contributed by atoms with Crippen LogP contribution in [-0.4, -0.2) is 25.0 Å². The van der Waals surface area contributed by atoms with E-state index >= 15 is 0 Å². The average Bonchev–Trinajstić information content (AvgIpc) is 2.58. The Labute approximate surface area is 144 Å². The number of hydrazine groups is 1. The fourth-order valence-electron chi connectivity index (χ4n) is 1.70. The highest BCUT2D eigenvalue weighted by Crippen LogP contribution is 2.22. The zero-order chi connectivity index (χ0) is 17.4. The zero-order valence-corrected chi connectivity index (χ0v) is 13.8. The number of amides is 2. The number of para-hydroxylation sites is 1. The maximum absolute atomic E-state index is 11.6. The summed E-state index contributed by atoms with van der Waals surface area (Å²) in [6.45, 7) is 1.47. The maximum atomic E-state index is 11.6. The van der Waals surface area contributed by atoms with E-state index in [1.54, 1.807) is 36.4 Å². The van der Waals surface area contributed by atoms with E-state index in [1.165, 1.54) is 0 Å². The van der Waals surface area contributed by atoms with Gasteiger partial charge in [0, 0.05) is 0 Å². The summed E-state index contributed by atoms with van der Waals surface area (Å²) in [6.07, 6.45) is 0. The molecule has 24 heavy (non-hydrogen) atoms. The van der Waals surface area contributed by atoms with E-state index in [-0.39, 0.29) is 13.2 Å². The van der Waals surface area contributed by atoms with Crippen molar-refractivity contribution in [2.75, 3.05) is 13.2 Å². The van der Waals surface area contributed by atoms with Crippen LogP contribution in [0.3, 0.4) is 0 Å². The third kappa shape index (κ3) is 5.81. The molecule has 0 atom stereocenters. The molecule has 0 heterocycles. The fourth-order valence-corrected chi connectivity index (χ4v) is 1.89. The van der Waals surface area contributed by atoms with Crippen LogP contribution in [0.25, 0.3) is 0 Å². The number of aryl methyl sites for hydroxylation is 1. The minimum Gasteiger partial charge on any atom is -0.484 e. The first kappa shape index (κ1) is 17.6. The molecule has 0 aromatic heterocycles. The number of rotatable bonds is 6. The molecule has 126 valence electrons. The molecule has 2 rings (SSSR count). The quantitative estimate of drug-likeness (QED) is 0.785. The van der Waals surface area contributed by atoms with Gasteiger partial charge in [-0.25, -0.2) is 0 Å². The van der Waals surface area contributed by atoms with E-state index < -0.39 is 11.8 Å². The van der Waals surface area contributed by atoms with Crippen LogP contribution < -0.4 is 20.3 Å². The topological polar surface area (TPSA) is 76.7 Å². The Balaban J connectivity index is 1.66. The molecule has 0 aliphatic rings. The van der Waals surface area contributed by atoms with E-state index in [4.69, 9.17) is 21.1 Å². The minimum atomic E-state index is -0.515. The van der Waals surface area contributed by atoms with Gasteiger partial charge in [-0.3, -0.25) is 20.4 Å². The smallest absolute Gasteiger partial charge is 0.276 e. The lowest BCUT2D eigenvalue weighted by Gasteiger charge is -2.10. The molecule has 2 amide bonds. The van der Waals surface area contributed by atoms with Crippen molar-refractivity contribution >= 4 is 23.4 Å². The van der Waals surface area contributed by atoms with E-state index in [2.05, 4.69) is 10.9 Å². The first-order valence-corrected chi connectivity index (χ1v) is 7.57. The summed E-state index contributed by atoms with van der Waals surface area (Å²) in [5.41, 5.74) is 5.56. The van der Waals surface area contributed by atoms with Crippen molar-refractivity contribution in [3.8, 4) is 11.5 Å². The number of ether oxygens (including phenoxy) is 2. The molecule has 0 spiro atoms. The molecule has 0 aliphatic carbocycles. The molecule has 0 saturated heterocycles. The molecule has 0 saturated carbocycles. The Bertz CT molecular complexity index is 704. The molecule has 2 N–H and O–H groups in total. The summed E-state index contributed by atoms with van der Waals surface area (Å²) in [5, 5.41) is 0.404. The largest absolute Gasteiger partial charge is 0.484 e. The third-order valence-electron chi connectivity index (χ3n) is 2.93. The van der Waals surface area contributed by atoms with Crippen LogP contribution in [0.15, 0.2) is 48.5 Å². The average molecular weight is 349 g/mol. The van der Waals surface area contributed by atoms with Gasteiger partial charge in [0.05, 0.1) is 5.02 Å². The second-order valence-corrected chi connectivity index (χ2v) is 5.32. The predicted molar refractivity (Wildman–Crippen MR) is 89.9 cm³/mol. The summed E-state index contributed by atoms with van der Waals surface area (Å²) >= 11 is 5.90. The lowest BCUT2D eigenvalue weighted by molar-refractivity contribution is -0.131. The zero-order valence-electron chi connectivity index (χ0n) is 13.0. The molecular weight excluding hydrogens is 332 g/mol. The summed E-state index contributed by atoms with van der Waals surface area (Å²) in [7, 11) is 0. The number of hydrogen-bond acceptors (Lipinski definition) is 4. The van der Waals surface area contributed by atoms with Gasteiger partial charge in [-0.05, 0) is 31.2 Å². The number of halogens is 1.